The molecule has 0 bridgehead atoms. The molecule has 1 heterocycles. The molecule has 0 radical (unpaired) electrons. The third kappa shape index (κ3) is 5.83. The summed E-state index contributed by atoms with van der Waals surface area (Å²) in [6.07, 6.45) is 1.62. The number of nitrogens with one attached hydrogen (secondary N) is 2. The van der Waals surface area contributed by atoms with Gasteiger partial charge in [-0.3, -0.25) is 0 Å². The first-order chi connectivity index (χ1) is 15.8. The Hall–Kier alpha value is -3.09. The Kier molecular flexibility index (Phi) is 6.86. The number of alkyl halides is 3. The van der Waals surface area contributed by atoms with Crippen LogP contribution in [0.5, 0.6) is 0 Å². The number of nitrogens with zero attached hydrogens (tertiary/aromatic N) is 2. The lowest BCUT2D eigenvalue weighted by molar-refractivity contribution is -0.137. The standard InChI is InChI=1S/C26H29F3N4/c1-17(2)15-18-11-13-20(14-12-18)31-25-30-16-22(26(27,28)29)24(33-25)32-23-10-6-5-9-21(23)19-7-3-4-8-19/h5-6,9-14,16-17,19H,3-4,7-8,15H2,1-2H3,(H2,30,31,32,33). The van der Waals surface area contributed by atoms with Crippen LogP contribution < -0.4 is 10.6 Å². The Balaban J connectivity index is 1.61. The van der Waals surface area contributed by atoms with Crippen LogP contribution in [0.4, 0.5) is 36.3 Å². The van der Waals surface area contributed by atoms with Gasteiger partial charge in [-0.15, -0.1) is 0 Å². The summed E-state index contributed by atoms with van der Waals surface area (Å²) in [5.41, 5.74) is 2.74. The number of para-hydroxylation sites is 1. The maximum atomic E-state index is 13.7. The zero-order valence-corrected chi connectivity index (χ0v) is 18.9. The second kappa shape index (κ2) is 9.81. The van der Waals surface area contributed by atoms with E-state index in [9.17, 15) is 13.2 Å². The van der Waals surface area contributed by atoms with Crippen molar-refractivity contribution in [1.82, 2.24) is 9.97 Å². The number of hydrogen-bond acceptors (Lipinski definition) is 4. The first-order valence-electron chi connectivity index (χ1n) is 11.5. The van der Waals surface area contributed by atoms with Gasteiger partial charge in [-0.2, -0.15) is 18.2 Å². The molecule has 174 valence electrons. The van der Waals surface area contributed by atoms with Gasteiger partial charge in [-0.05, 0) is 60.4 Å². The summed E-state index contributed by atoms with van der Waals surface area (Å²) in [6.45, 7) is 4.31. The molecule has 1 aromatic heterocycles. The number of hydrogen-bond donors (Lipinski definition) is 2. The first kappa shape index (κ1) is 23.1. The fourth-order valence-corrected chi connectivity index (χ4v) is 4.40. The van der Waals surface area contributed by atoms with Crippen LogP contribution in [-0.4, -0.2) is 9.97 Å². The highest BCUT2D eigenvalue weighted by atomic mass is 19.4. The van der Waals surface area contributed by atoms with E-state index in [1.54, 1.807) is 0 Å². The molecule has 0 saturated heterocycles. The van der Waals surface area contributed by atoms with Gasteiger partial charge in [-0.25, -0.2) is 4.98 Å². The van der Waals surface area contributed by atoms with Crippen LogP contribution in [0.15, 0.2) is 54.7 Å². The van der Waals surface area contributed by atoms with Crippen molar-refractivity contribution in [3.05, 3.63) is 71.4 Å². The van der Waals surface area contributed by atoms with Crippen LogP contribution in [0.1, 0.15) is 62.1 Å². The molecule has 33 heavy (non-hydrogen) atoms. The molecular weight excluding hydrogens is 425 g/mol. The monoisotopic (exact) mass is 454 g/mol. The lowest BCUT2D eigenvalue weighted by atomic mass is 9.96. The summed E-state index contributed by atoms with van der Waals surface area (Å²) in [5.74, 6) is 0.761. The van der Waals surface area contributed by atoms with Crippen LogP contribution in [0.25, 0.3) is 0 Å². The van der Waals surface area contributed by atoms with Gasteiger partial charge in [0, 0.05) is 17.6 Å². The Bertz CT molecular complexity index is 1070. The van der Waals surface area contributed by atoms with E-state index in [0.717, 1.165) is 49.6 Å². The fraction of sp³-hybridized carbons (Fsp3) is 0.385. The molecule has 2 N–H and O–H groups in total. The van der Waals surface area contributed by atoms with E-state index >= 15 is 0 Å². The van der Waals surface area contributed by atoms with Crippen LogP contribution in [0, 0.1) is 5.92 Å². The van der Waals surface area contributed by atoms with E-state index < -0.39 is 11.7 Å². The second-order valence-corrected chi connectivity index (χ2v) is 9.07. The molecule has 3 aromatic rings. The molecule has 4 nitrogen and oxygen atoms in total. The highest BCUT2D eigenvalue weighted by molar-refractivity contribution is 5.66. The SMILES string of the molecule is CC(C)Cc1ccc(Nc2ncc(C(F)(F)F)c(Nc3ccccc3C3CCCC3)n2)cc1. The third-order valence-corrected chi connectivity index (χ3v) is 5.96. The Morgan fingerprint density at radius 1 is 0.970 bits per heavy atom. The van der Waals surface area contributed by atoms with Gasteiger partial charge in [0.2, 0.25) is 5.95 Å². The van der Waals surface area contributed by atoms with Gasteiger partial charge < -0.3 is 10.6 Å². The lowest BCUT2D eigenvalue weighted by Crippen LogP contribution is -2.13. The molecule has 1 fully saturated rings. The topological polar surface area (TPSA) is 49.8 Å². The highest BCUT2D eigenvalue weighted by Gasteiger charge is 2.35. The van der Waals surface area contributed by atoms with Crippen molar-refractivity contribution in [3.63, 3.8) is 0 Å². The first-order valence-corrected chi connectivity index (χ1v) is 11.5. The summed E-state index contributed by atoms with van der Waals surface area (Å²) in [4.78, 5) is 8.15. The molecule has 0 aliphatic heterocycles. The third-order valence-electron chi connectivity index (χ3n) is 5.96. The molecule has 2 aromatic carbocycles. The number of anilines is 4. The van der Waals surface area contributed by atoms with E-state index in [2.05, 4.69) is 34.4 Å². The van der Waals surface area contributed by atoms with Crippen molar-refractivity contribution >= 4 is 23.1 Å². The molecule has 7 heteroatoms. The molecule has 0 spiro atoms. The minimum Gasteiger partial charge on any atom is -0.339 e. The predicted octanol–water partition coefficient (Wildman–Crippen LogP) is 7.84. The zero-order valence-electron chi connectivity index (χ0n) is 18.9. The average molecular weight is 455 g/mol. The van der Waals surface area contributed by atoms with E-state index in [0.29, 0.717) is 17.5 Å². The largest absolute Gasteiger partial charge is 0.421 e. The predicted molar refractivity (Wildman–Crippen MR) is 126 cm³/mol. The summed E-state index contributed by atoms with van der Waals surface area (Å²) >= 11 is 0. The average Bonchev–Trinajstić information content (AvgIpc) is 3.29. The molecule has 1 aliphatic rings. The van der Waals surface area contributed by atoms with Crippen molar-refractivity contribution in [1.29, 1.82) is 0 Å². The summed E-state index contributed by atoms with van der Waals surface area (Å²) in [7, 11) is 0. The van der Waals surface area contributed by atoms with E-state index in [1.807, 2.05) is 48.5 Å². The van der Waals surface area contributed by atoms with Gasteiger partial charge in [-0.1, -0.05) is 57.0 Å². The smallest absolute Gasteiger partial charge is 0.339 e. The quantitative estimate of drug-likeness (QED) is 0.382. The highest BCUT2D eigenvalue weighted by Crippen LogP contribution is 2.40. The molecule has 1 saturated carbocycles. The number of rotatable bonds is 7. The maximum Gasteiger partial charge on any atom is 0.421 e. The van der Waals surface area contributed by atoms with Gasteiger partial charge in [0.05, 0.1) is 0 Å². The summed E-state index contributed by atoms with van der Waals surface area (Å²) < 4.78 is 41.2. The van der Waals surface area contributed by atoms with Gasteiger partial charge in [0.15, 0.2) is 0 Å². The molecule has 1 aliphatic carbocycles. The normalized spacial score (nSPS) is 14.6. The number of benzene rings is 2. The van der Waals surface area contributed by atoms with Crippen molar-refractivity contribution in [3.8, 4) is 0 Å². The molecule has 0 atom stereocenters. The van der Waals surface area contributed by atoms with Crippen molar-refractivity contribution < 1.29 is 13.2 Å². The lowest BCUT2D eigenvalue weighted by Gasteiger charge is -2.19. The van der Waals surface area contributed by atoms with Crippen molar-refractivity contribution in [2.45, 2.75) is 58.0 Å². The maximum absolute atomic E-state index is 13.7. The molecule has 0 amide bonds. The molecule has 4 rings (SSSR count). The van der Waals surface area contributed by atoms with E-state index in [4.69, 9.17) is 0 Å². The van der Waals surface area contributed by atoms with Crippen molar-refractivity contribution in [2.75, 3.05) is 10.6 Å². The van der Waals surface area contributed by atoms with Crippen LogP contribution in [0.2, 0.25) is 0 Å². The second-order valence-electron chi connectivity index (χ2n) is 9.07. The zero-order chi connectivity index (χ0) is 23.4. The summed E-state index contributed by atoms with van der Waals surface area (Å²) in [6, 6.07) is 15.4. The van der Waals surface area contributed by atoms with Crippen LogP contribution in [0.3, 0.4) is 0 Å². The minimum atomic E-state index is -4.57. The van der Waals surface area contributed by atoms with Gasteiger partial charge in [0.25, 0.3) is 0 Å². The molecule has 0 unspecified atom stereocenters. The van der Waals surface area contributed by atoms with E-state index in [-0.39, 0.29) is 11.8 Å². The van der Waals surface area contributed by atoms with Crippen molar-refractivity contribution in [2.24, 2.45) is 5.92 Å². The Labute approximate surface area is 192 Å². The number of halogens is 3. The van der Waals surface area contributed by atoms with Gasteiger partial charge >= 0.3 is 6.18 Å². The van der Waals surface area contributed by atoms with E-state index in [1.165, 1.54) is 5.56 Å². The van der Waals surface area contributed by atoms with Crippen LogP contribution >= 0.6 is 0 Å². The summed E-state index contributed by atoms with van der Waals surface area (Å²) in [5, 5.41) is 6.00. The number of aromatic nitrogens is 2. The van der Waals surface area contributed by atoms with Gasteiger partial charge in [0.1, 0.15) is 11.4 Å². The minimum absolute atomic E-state index is 0.112. The fourth-order valence-electron chi connectivity index (χ4n) is 4.40. The Morgan fingerprint density at radius 3 is 2.33 bits per heavy atom. The molecular formula is C26H29F3N4. The Morgan fingerprint density at radius 2 is 1.67 bits per heavy atom. The van der Waals surface area contributed by atoms with Crippen LogP contribution in [-0.2, 0) is 12.6 Å².